The van der Waals surface area contributed by atoms with Crippen molar-refractivity contribution >= 4 is 0 Å². The predicted octanol–water partition coefficient (Wildman–Crippen LogP) is 2.96. The highest BCUT2D eigenvalue weighted by atomic mass is 15.3. The first-order chi connectivity index (χ1) is 9.36. The van der Waals surface area contributed by atoms with E-state index in [0.29, 0.717) is 0 Å². The average Bonchev–Trinajstić information content (AvgIpc) is 2.94. The normalized spacial score (nSPS) is 12.5. The Bertz CT molecular complexity index is 478. The quantitative estimate of drug-likeness (QED) is 0.456. The van der Waals surface area contributed by atoms with Gasteiger partial charge in [0.05, 0.1) is 17.4 Å². The van der Waals surface area contributed by atoms with Gasteiger partial charge in [0.15, 0.2) is 0 Å². The molecule has 2 aromatic rings. The highest BCUT2D eigenvalue weighted by Gasteiger charge is 2.15. The Kier molecular flexibility index (Phi) is 5.12. The molecule has 1 heterocycles. The summed E-state index contributed by atoms with van der Waals surface area (Å²) in [5.41, 5.74) is 5.10. The van der Waals surface area contributed by atoms with E-state index >= 15 is 0 Å². The molecule has 19 heavy (non-hydrogen) atoms. The van der Waals surface area contributed by atoms with Gasteiger partial charge >= 0.3 is 0 Å². The summed E-state index contributed by atoms with van der Waals surface area (Å²) >= 11 is 0. The van der Waals surface area contributed by atoms with E-state index in [4.69, 9.17) is 5.84 Å². The number of nitrogens with one attached hydrogen (secondary N) is 1. The first-order valence-electron chi connectivity index (χ1n) is 6.92. The number of hydrogen-bond donors (Lipinski definition) is 2. The van der Waals surface area contributed by atoms with Crippen LogP contribution in [0.3, 0.4) is 0 Å². The molecular weight excluding hydrogens is 236 g/mol. The predicted molar refractivity (Wildman–Crippen MR) is 77.8 cm³/mol. The number of hydrogen-bond acceptors (Lipinski definition) is 3. The zero-order valence-electron chi connectivity index (χ0n) is 11.4. The number of nitrogens with two attached hydrogens (primary N) is 1. The summed E-state index contributed by atoms with van der Waals surface area (Å²) in [5, 5.41) is 4.40. The molecule has 0 spiro atoms. The Hall–Kier alpha value is -1.65. The number of benzene rings is 1. The summed E-state index contributed by atoms with van der Waals surface area (Å²) in [4.78, 5) is 0. The third-order valence-corrected chi connectivity index (χ3v) is 3.33. The Balaban J connectivity index is 2.18. The standard InChI is InChI=1S/C15H22N4/c1-2-3-5-10-14(18-16)15-11-12-17-19(15)13-8-6-4-7-9-13/h4,6-9,11-12,14,18H,2-3,5,10,16H2,1H3. The lowest BCUT2D eigenvalue weighted by molar-refractivity contribution is 0.467. The number of hydrazine groups is 1. The smallest absolute Gasteiger partial charge is 0.0649 e. The molecule has 0 aliphatic heterocycles. The molecule has 0 saturated carbocycles. The van der Waals surface area contributed by atoms with Crippen molar-refractivity contribution in [1.82, 2.24) is 15.2 Å². The fourth-order valence-electron chi connectivity index (χ4n) is 2.28. The Morgan fingerprint density at radius 3 is 2.68 bits per heavy atom. The molecule has 0 fully saturated rings. The van der Waals surface area contributed by atoms with Crippen LogP contribution in [0, 0.1) is 0 Å². The summed E-state index contributed by atoms with van der Waals surface area (Å²) < 4.78 is 1.95. The molecule has 0 aliphatic rings. The molecule has 0 aliphatic carbocycles. The van der Waals surface area contributed by atoms with Crippen LogP contribution in [0.1, 0.15) is 44.3 Å². The third kappa shape index (κ3) is 3.43. The van der Waals surface area contributed by atoms with E-state index in [2.05, 4.69) is 29.6 Å². The summed E-state index contributed by atoms with van der Waals surface area (Å²) in [6.45, 7) is 2.21. The van der Waals surface area contributed by atoms with Gasteiger partial charge in [0.1, 0.15) is 0 Å². The minimum atomic E-state index is 0.147. The van der Waals surface area contributed by atoms with Crippen LogP contribution in [0.15, 0.2) is 42.6 Å². The Morgan fingerprint density at radius 1 is 1.21 bits per heavy atom. The lowest BCUT2D eigenvalue weighted by Gasteiger charge is -2.17. The molecule has 3 N–H and O–H groups in total. The molecule has 4 heteroatoms. The van der Waals surface area contributed by atoms with Crippen LogP contribution in [0.2, 0.25) is 0 Å². The van der Waals surface area contributed by atoms with Gasteiger partial charge in [0.2, 0.25) is 0 Å². The molecule has 1 aromatic carbocycles. The van der Waals surface area contributed by atoms with Crippen molar-refractivity contribution in [1.29, 1.82) is 0 Å². The van der Waals surface area contributed by atoms with Crippen LogP contribution in [-0.2, 0) is 0 Å². The van der Waals surface area contributed by atoms with Crippen molar-refractivity contribution in [2.45, 2.75) is 38.6 Å². The van der Waals surface area contributed by atoms with Crippen LogP contribution >= 0.6 is 0 Å². The molecule has 1 unspecified atom stereocenters. The molecule has 0 amide bonds. The van der Waals surface area contributed by atoms with Gasteiger partial charge in [-0.15, -0.1) is 0 Å². The van der Waals surface area contributed by atoms with Crippen molar-refractivity contribution in [3.05, 3.63) is 48.3 Å². The van der Waals surface area contributed by atoms with Gasteiger partial charge < -0.3 is 0 Å². The van der Waals surface area contributed by atoms with Crippen molar-refractivity contribution < 1.29 is 0 Å². The number of unbranched alkanes of at least 4 members (excludes halogenated alkanes) is 2. The molecular formula is C15H22N4. The second-order valence-electron chi connectivity index (χ2n) is 4.72. The fourth-order valence-corrected chi connectivity index (χ4v) is 2.28. The van der Waals surface area contributed by atoms with E-state index in [1.54, 1.807) is 0 Å². The van der Waals surface area contributed by atoms with Crippen LogP contribution in [-0.4, -0.2) is 9.78 Å². The van der Waals surface area contributed by atoms with Crippen LogP contribution in [0.25, 0.3) is 5.69 Å². The van der Waals surface area contributed by atoms with E-state index in [9.17, 15) is 0 Å². The maximum Gasteiger partial charge on any atom is 0.0649 e. The maximum atomic E-state index is 5.70. The molecule has 0 saturated heterocycles. The van der Waals surface area contributed by atoms with Crippen molar-refractivity contribution in [3.63, 3.8) is 0 Å². The number of rotatable bonds is 7. The Labute approximate surface area is 114 Å². The first kappa shape index (κ1) is 13.8. The average molecular weight is 258 g/mol. The second kappa shape index (κ2) is 7.07. The monoisotopic (exact) mass is 258 g/mol. The topological polar surface area (TPSA) is 55.9 Å². The zero-order chi connectivity index (χ0) is 13.5. The Morgan fingerprint density at radius 2 is 2.00 bits per heavy atom. The molecule has 4 nitrogen and oxygen atoms in total. The van der Waals surface area contributed by atoms with Crippen LogP contribution < -0.4 is 11.3 Å². The van der Waals surface area contributed by atoms with Gasteiger partial charge in [0.25, 0.3) is 0 Å². The second-order valence-corrected chi connectivity index (χ2v) is 4.72. The summed E-state index contributed by atoms with van der Waals surface area (Å²) in [7, 11) is 0. The molecule has 0 bridgehead atoms. The third-order valence-electron chi connectivity index (χ3n) is 3.33. The van der Waals surface area contributed by atoms with Gasteiger partial charge in [-0.1, -0.05) is 44.4 Å². The maximum absolute atomic E-state index is 5.70. The van der Waals surface area contributed by atoms with E-state index < -0.39 is 0 Å². The molecule has 102 valence electrons. The molecule has 1 atom stereocenters. The largest absolute Gasteiger partial charge is 0.271 e. The van der Waals surface area contributed by atoms with E-state index in [1.807, 2.05) is 35.1 Å². The lowest BCUT2D eigenvalue weighted by atomic mass is 10.1. The van der Waals surface area contributed by atoms with Crippen molar-refractivity contribution in [2.75, 3.05) is 0 Å². The summed E-state index contributed by atoms with van der Waals surface area (Å²) in [6.07, 6.45) is 6.48. The van der Waals surface area contributed by atoms with Crippen molar-refractivity contribution in [2.24, 2.45) is 5.84 Å². The van der Waals surface area contributed by atoms with E-state index in [0.717, 1.165) is 17.8 Å². The van der Waals surface area contributed by atoms with Crippen LogP contribution in [0.5, 0.6) is 0 Å². The molecule has 2 rings (SSSR count). The number of nitrogens with zero attached hydrogens (tertiary/aromatic N) is 2. The lowest BCUT2D eigenvalue weighted by Crippen LogP contribution is -2.29. The van der Waals surface area contributed by atoms with Gasteiger partial charge in [-0.2, -0.15) is 5.10 Å². The highest BCUT2D eigenvalue weighted by molar-refractivity contribution is 5.33. The number of para-hydroxylation sites is 1. The minimum Gasteiger partial charge on any atom is -0.271 e. The van der Waals surface area contributed by atoms with Gasteiger partial charge in [-0.05, 0) is 24.6 Å². The summed E-state index contributed by atoms with van der Waals surface area (Å²) in [6, 6.07) is 12.3. The highest BCUT2D eigenvalue weighted by Crippen LogP contribution is 2.21. The van der Waals surface area contributed by atoms with E-state index in [1.165, 1.54) is 19.3 Å². The van der Waals surface area contributed by atoms with Crippen LogP contribution in [0.4, 0.5) is 0 Å². The fraction of sp³-hybridized carbons (Fsp3) is 0.400. The number of aromatic nitrogens is 2. The summed E-state index contributed by atoms with van der Waals surface area (Å²) in [5.74, 6) is 5.70. The van der Waals surface area contributed by atoms with Gasteiger partial charge in [0, 0.05) is 6.20 Å². The molecule has 1 aromatic heterocycles. The SMILES string of the molecule is CCCCCC(NN)c1ccnn1-c1ccccc1. The van der Waals surface area contributed by atoms with Gasteiger partial charge in [-0.3, -0.25) is 11.3 Å². The first-order valence-corrected chi connectivity index (χ1v) is 6.92. The van der Waals surface area contributed by atoms with E-state index in [-0.39, 0.29) is 6.04 Å². The van der Waals surface area contributed by atoms with Crippen molar-refractivity contribution in [3.8, 4) is 5.69 Å². The molecule has 0 radical (unpaired) electrons. The zero-order valence-corrected chi connectivity index (χ0v) is 11.4. The van der Waals surface area contributed by atoms with Gasteiger partial charge in [-0.25, -0.2) is 4.68 Å². The minimum absolute atomic E-state index is 0.147.